The van der Waals surface area contributed by atoms with Gasteiger partial charge in [0.25, 0.3) is 0 Å². The van der Waals surface area contributed by atoms with E-state index in [-0.39, 0.29) is 61.7 Å². The van der Waals surface area contributed by atoms with Crippen LogP contribution in [0.2, 0.25) is 0 Å². The Hall–Kier alpha value is -1.57. The van der Waals surface area contributed by atoms with Crippen LogP contribution in [0, 0.1) is 0 Å². The van der Waals surface area contributed by atoms with Crippen LogP contribution < -0.4 is 16.9 Å². The summed E-state index contributed by atoms with van der Waals surface area (Å²) in [7, 11) is 0. The second kappa shape index (κ2) is 32.6. The van der Waals surface area contributed by atoms with Crippen LogP contribution >= 0.6 is 0 Å². The van der Waals surface area contributed by atoms with Crippen LogP contribution in [0.15, 0.2) is 0 Å². The van der Waals surface area contributed by atoms with Crippen LogP contribution in [0.4, 0.5) is 0 Å². The molecule has 0 aromatic rings. The average Bonchev–Trinajstić information content (AvgIpc) is 3.02. The number of hydrogen-bond donors (Lipinski definition) is 5. The van der Waals surface area contributed by atoms with Gasteiger partial charge in [0.05, 0.1) is 0 Å². The molecule has 0 unspecified atom stereocenters. The number of unbranched alkanes of at least 4 members (excludes halogenated alkanes) is 17. The van der Waals surface area contributed by atoms with Crippen LogP contribution in [0.1, 0.15) is 174 Å². The third-order valence-electron chi connectivity index (χ3n) is 8.45. The number of carbonyl (C=O) groups excluding carboxylic acids is 3. The Morgan fingerprint density at radius 3 is 1.35 bits per heavy atom. The molecule has 0 aliphatic carbocycles. The number of hydrazine groups is 2. The van der Waals surface area contributed by atoms with Crippen molar-refractivity contribution < 1.29 is 34.2 Å². The molecule has 12 nitrogen and oxygen atoms in total. The van der Waals surface area contributed by atoms with Gasteiger partial charge in [-0.15, -0.1) is 5.12 Å². The van der Waals surface area contributed by atoms with Gasteiger partial charge in [-0.1, -0.05) is 117 Å². The molecule has 0 heterocycles. The molecule has 276 valence electrons. The Bertz CT molecular complexity index is 846. The fourth-order valence-corrected chi connectivity index (χ4v) is 5.58. The van der Waals surface area contributed by atoms with E-state index in [1.807, 2.05) is 0 Å². The summed E-state index contributed by atoms with van der Waals surface area (Å²) in [5.41, 5.74) is 13.6. The van der Waals surface area contributed by atoms with Gasteiger partial charge in [0, 0.05) is 19.3 Å². The molecule has 0 radical (unpaired) electrons. The van der Waals surface area contributed by atoms with Crippen LogP contribution in [-0.2, 0) is 24.0 Å². The van der Waals surface area contributed by atoms with Gasteiger partial charge in [0.2, 0.25) is 17.7 Å². The summed E-state index contributed by atoms with van der Waals surface area (Å²) in [5.74, 6) is -4.62. The van der Waals surface area contributed by atoms with E-state index in [2.05, 4.69) is 19.3 Å². The number of imide groups is 1. The van der Waals surface area contributed by atoms with Crippen molar-refractivity contribution in [3.8, 4) is 0 Å². The Kier molecular flexibility index (Phi) is 33.0. The zero-order chi connectivity index (χ0) is 35.3. The van der Waals surface area contributed by atoms with Crippen molar-refractivity contribution in [2.24, 2.45) is 11.5 Å². The summed E-state index contributed by atoms with van der Waals surface area (Å²) in [6.45, 7) is 4.71. The van der Waals surface area contributed by atoms with Crippen molar-refractivity contribution in [3.63, 3.8) is 0 Å². The molecule has 0 aromatic carbocycles. The van der Waals surface area contributed by atoms with Crippen LogP contribution in [0.3, 0.4) is 0 Å². The zero-order valence-electron chi connectivity index (χ0n) is 29.5. The van der Waals surface area contributed by atoms with Crippen molar-refractivity contribution in [1.82, 2.24) is 15.6 Å². The van der Waals surface area contributed by atoms with E-state index in [0.29, 0.717) is 32.2 Å². The van der Waals surface area contributed by atoms with Crippen LogP contribution in [0.25, 0.3) is 0 Å². The van der Waals surface area contributed by atoms with E-state index in [4.69, 9.17) is 11.5 Å². The minimum atomic E-state index is -1.59. The van der Waals surface area contributed by atoms with Gasteiger partial charge >= 0.3 is 41.5 Å². The van der Waals surface area contributed by atoms with E-state index in [0.717, 1.165) is 61.5 Å². The number of hydrogen-bond acceptors (Lipinski definition) is 8. The van der Waals surface area contributed by atoms with E-state index >= 15 is 0 Å². The first kappa shape index (κ1) is 48.5. The van der Waals surface area contributed by atoms with Crippen molar-refractivity contribution in [2.75, 3.05) is 6.54 Å². The monoisotopic (exact) mass is 694 g/mol. The number of nitrogens with two attached hydrogens (primary N) is 2. The number of primary amides is 1. The molecule has 3 amide bonds. The topological polar surface area (TPSA) is 196 Å². The summed E-state index contributed by atoms with van der Waals surface area (Å²) in [6.07, 6.45) is 19.0. The van der Waals surface area contributed by atoms with E-state index in [1.165, 1.54) is 51.4 Å². The molecule has 2 atom stereocenters. The maximum absolute atomic E-state index is 13.7. The van der Waals surface area contributed by atoms with Gasteiger partial charge in [-0.2, -0.15) is 5.01 Å². The van der Waals surface area contributed by atoms with Gasteiger partial charge in [0.15, 0.2) is 0 Å². The fourth-order valence-electron chi connectivity index (χ4n) is 5.58. The van der Waals surface area contributed by atoms with Crippen molar-refractivity contribution in [2.45, 2.75) is 186 Å². The molecular formula is C35H68N5NaO7. The average molecular weight is 694 g/mol. The first-order valence-electron chi connectivity index (χ1n) is 18.5. The molecule has 0 rings (SSSR count). The van der Waals surface area contributed by atoms with Crippen LogP contribution in [-0.4, -0.2) is 98.2 Å². The number of nitrogens with one attached hydrogen (secondary N) is 1. The molecule has 0 bridgehead atoms. The second-order valence-corrected chi connectivity index (χ2v) is 12.8. The third kappa shape index (κ3) is 24.5. The molecule has 0 aliphatic rings. The summed E-state index contributed by atoms with van der Waals surface area (Å²) in [6, 6.07) is -2.88. The van der Waals surface area contributed by atoms with E-state index < -0.39 is 41.7 Å². The Labute approximate surface area is 312 Å². The number of carbonyl (C=O) groups is 5. The summed E-state index contributed by atoms with van der Waals surface area (Å²) >= 11 is 0. The maximum atomic E-state index is 13.7. The SMILES string of the molecule is CCCCCCCCCCCC(=O)N(C(=O)CCCCCCCCCCC)N(N[C@@H](CCCCN)C(=O)O)[C@@H](CCC(N)=O)C(=O)O.[NaH]. The van der Waals surface area contributed by atoms with E-state index in [9.17, 15) is 34.2 Å². The van der Waals surface area contributed by atoms with Crippen molar-refractivity contribution in [3.05, 3.63) is 0 Å². The molecule has 0 fully saturated rings. The first-order valence-corrected chi connectivity index (χ1v) is 18.5. The molecule has 0 aliphatic heterocycles. The predicted molar refractivity (Wildman–Crippen MR) is 192 cm³/mol. The predicted octanol–water partition coefficient (Wildman–Crippen LogP) is 5.56. The van der Waals surface area contributed by atoms with Crippen LogP contribution in [0.5, 0.6) is 0 Å². The zero-order valence-corrected chi connectivity index (χ0v) is 29.5. The number of carboxylic acids is 2. The Morgan fingerprint density at radius 2 is 1.00 bits per heavy atom. The summed E-state index contributed by atoms with van der Waals surface area (Å²) < 4.78 is 0. The number of nitrogens with zero attached hydrogens (tertiary/aromatic N) is 2. The molecule has 0 aromatic heterocycles. The van der Waals surface area contributed by atoms with Gasteiger partial charge in [0.1, 0.15) is 12.1 Å². The molecule has 48 heavy (non-hydrogen) atoms. The van der Waals surface area contributed by atoms with Gasteiger partial charge in [-0.3, -0.25) is 24.0 Å². The Balaban J connectivity index is 0. The second-order valence-electron chi connectivity index (χ2n) is 12.8. The molecule has 13 heteroatoms. The molecule has 7 N–H and O–H groups in total. The van der Waals surface area contributed by atoms with Crippen molar-refractivity contribution >= 4 is 59.2 Å². The van der Waals surface area contributed by atoms with Crippen molar-refractivity contribution in [1.29, 1.82) is 0 Å². The first-order chi connectivity index (χ1) is 22.6. The number of amides is 3. The third-order valence-corrected chi connectivity index (χ3v) is 8.45. The molecular weight excluding hydrogens is 625 g/mol. The quantitative estimate of drug-likeness (QED) is 0.0330. The molecule has 0 saturated heterocycles. The summed E-state index contributed by atoms with van der Waals surface area (Å²) in [4.78, 5) is 63.9. The normalized spacial score (nSPS) is 12.3. The summed E-state index contributed by atoms with van der Waals surface area (Å²) in [5, 5.41) is 21.8. The Morgan fingerprint density at radius 1 is 0.583 bits per heavy atom. The number of aliphatic carboxylic acids is 2. The number of carboxylic acid groups (broad SMARTS) is 2. The van der Waals surface area contributed by atoms with Gasteiger partial charge in [-0.25, -0.2) is 5.43 Å². The minimum absolute atomic E-state index is 0. The standard InChI is InChI=1S/C35H67N5O7.Na.H/c1-3-5-7-9-11-13-15-17-19-24-32(42)39(33(43)25-20-18-16-14-12-10-8-6-4-2)40(30(35(46)47)26-27-31(37)41)38-29(34(44)45)23-21-22-28-36;;/h29-30,38H,3-28,36H2,1-2H3,(H2,37,41)(H,44,45)(H,46,47);;/t29-,30-;;/m0../s1. The van der Waals surface area contributed by atoms with Gasteiger partial charge < -0.3 is 21.7 Å². The number of rotatable bonds is 33. The van der Waals surface area contributed by atoms with Gasteiger partial charge in [-0.05, 0) is 45.1 Å². The molecule has 0 spiro atoms. The van der Waals surface area contributed by atoms with E-state index in [1.54, 1.807) is 0 Å². The fraction of sp³-hybridized carbons (Fsp3) is 0.857. The molecule has 0 saturated carbocycles.